The number of aromatic amines is 1. The molecule has 2 aromatic heterocycles. The van der Waals surface area contributed by atoms with Crippen LogP contribution >= 0.6 is 12.4 Å². The van der Waals surface area contributed by atoms with Crippen LogP contribution in [-0.2, 0) is 0 Å². The van der Waals surface area contributed by atoms with Crippen molar-refractivity contribution < 1.29 is 4.39 Å². The number of hydrogen-bond donors (Lipinski definition) is 2. The zero-order valence-electron chi connectivity index (χ0n) is 13.5. The number of benzene rings is 1. The Morgan fingerprint density at radius 3 is 2.52 bits per heavy atom. The third-order valence-electron chi connectivity index (χ3n) is 4.18. The lowest BCUT2D eigenvalue weighted by Crippen LogP contribution is -2.12. The van der Waals surface area contributed by atoms with Gasteiger partial charge in [0.2, 0.25) is 0 Å². The predicted octanol–water partition coefficient (Wildman–Crippen LogP) is 5.30. The fraction of sp³-hybridized carbons (Fsp3) is 0.278. The third kappa shape index (κ3) is 3.32. The molecule has 23 heavy (non-hydrogen) atoms. The van der Waals surface area contributed by atoms with E-state index in [4.69, 9.17) is 0 Å². The zero-order valence-corrected chi connectivity index (χ0v) is 14.3. The highest BCUT2D eigenvalue weighted by Gasteiger charge is 2.17. The molecule has 0 saturated heterocycles. The van der Waals surface area contributed by atoms with Crippen LogP contribution in [0.2, 0.25) is 0 Å². The first-order valence-electron chi connectivity index (χ1n) is 7.56. The van der Waals surface area contributed by atoms with E-state index in [-0.39, 0.29) is 24.3 Å². The average Bonchev–Trinajstić information content (AvgIpc) is 2.82. The van der Waals surface area contributed by atoms with Crippen LogP contribution in [-0.4, -0.2) is 9.97 Å². The summed E-state index contributed by atoms with van der Waals surface area (Å²) in [6.07, 6.45) is 2.74. The number of aromatic nitrogens is 2. The molecule has 5 heteroatoms. The molecular weight excluding hydrogens is 313 g/mol. The first-order valence-corrected chi connectivity index (χ1v) is 7.56. The summed E-state index contributed by atoms with van der Waals surface area (Å²) in [4.78, 5) is 8.02. The van der Waals surface area contributed by atoms with E-state index in [1.54, 1.807) is 12.1 Å². The van der Waals surface area contributed by atoms with Crippen molar-refractivity contribution in [3.63, 3.8) is 0 Å². The molecule has 1 atom stereocenters. The SMILES string of the molecule is CCC(Nc1ccc(F)cc1)c1nccc2c(C)c(C)[nH]c12.Cl. The Balaban J connectivity index is 0.00000192. The standard InChI is InChI=1S/C18H20FN3.ClH/c1-4-16(22-14-7-5-13(19)6-8-14)18-17-15(9-10-20-18)11(2)12(3)21-17;/h5-10,16,21-22H,4H2,1-3H3;1H. The number of rotatable bonds is 4. The topological polar surface area (TPSA) is 40.7 Å². The smallest absolute Gasteiger partial charge is 0.123 e. The van der Waals surface area contributed by atoms with Crippen molar-refractivity contribution in [2.45, 2.75) is 33.2 Å². The number of halogens is 2. The maximum atomic E-state index is 13.0. The van der Waals surface area contributed by atoms with Gasteiger partial charge in [0.1, 0.15) is 5.82 Å². The first kappa shape index (κ1) is 17.3. The van der Waals surface area contributed by atoms with Gasteiger partial charge in [-0.25, -0.2) is 4.39 Å². The molecule has 3 rings (SSSR count). The molecule has 0 radical (unpaired) electrons. The summed E-state index contributed by atoms with van der Waals surface area (Å²) < 4.78 is 13.0. The second-order valence-electron chi connectivity index (χ2n) is 5.61. The Kier molecular flexibility index (Phi) is 5.26. The molecule has 3 aromatic rings. The van der Waals surface area contributed by atoms with Crippen molar-refractivity contribution in [2.75, 3.05) is 5.32 Å². The molecule has 0 saturated carbocycles. The van der Waals surface area contributed by atoms with E-state index in [2.05, 4.69) is 36.1 Å². The number of hydrogen-bond acceptors (Lipinski definition) is 2. The molecule has 0 aliphatic carbocycles. The van der Waals surface area contributed by atoms with Gasteiger partial charge in [0.15, 0.2) is 0 Å². The van der Waals surface area contributed by atoms with Gasteiger partial charge < -0.3 is 10.3 Å². The lowest BCUT2D eigenvalue weighted by molar-refractivity contribution is 0.627. The molecule has 0 aliphatic rings. The zero-order chi connectivity index (χ0) is 15.7. The largest absolute Gasteiger partial charge is 0.377 e. The molecule has 1 unspecified atom stereocenters. The van der Waals surface area contributed by atoms with E-state index < -0.39 is 0 Å². The highest BCUT2D eigenvalue weighted by Crippen LogP contribution is 2.29. The quantitative estimate of drug-likeness (QED) is 0.679. The molecule has 1 aromatic carbocycles. The van der Waals surface area contributed by atoms with Gasteiger partial charge in [-0.1, -0.05) is 6.92 Å². The highest BCUT2D eigenvalue weighted by atomic mass is 35.5. The van der Waals surface area contributed by atoms with Gasteiger partial charge in [0.05, 0.1) is 17.3 Å². The lowest BCUT2D eigenvalue weighted by Gasteiger charge is -2.18. The molecular formula is C18H21ClFN3. The van der Waals surface area contributed by atoms with Gasteiger partial charge in [-0.15, -0.1) is 12.4 Å². The number of nitrogens with one attached hydrogen (secondary N) is 2. The van der Waals surface area contributed by atoms with E-state index >= 15 is 0 Å². The molecule has 3 nitrogen and oxygen atoms in total. The summed E-state index contributed by atoms with van der Waals surface area (Å²) in [6.45, 7) is 6.31. The molecule has 0 spiro atoms. The van der Waals surface area contributed by atoms with E-state index in [0.717, 1.165) is 23.3 Å². The summed E-state index contributed by atoms with van der Waals surface area (Å²) in [6, 6.07) is 8.55. The van der Waals surface area contributed by atoms with E-state index in [0.29, 0.717) is 0 Å². The van der Waals surface area contributed by atoms with Crippen LogP contribution in [0.5, 0.6) is 0 Å². The number of pyridine rings is 1. The van der Waals surface area contributed by atoms with Crippen molar-refractivity contribution in [2.24, 2.45) is 0 Å². The number of aryl methyl sites for hydroxylation is 2. The van der Waals surface area contributed by atoms with Crippen LogP contribution < -0.4 is 5.32 Å². The molecule has 2 heterocycles. The van der Waals surface area contributed by atoms with E-state index in [1.807, 2.05) is 12.3 Å². The maximum absolute atomic E-state index is 13.0. The van der Waals surface area contributed by atoms with E-state index in [9.17, 15) is 4.39 Å². The molecule has 2 N–H and O–H groups in total. The van der Waals surface area contributed by atoms with Gasteiger partial charge in [0, 0.05) is 23.0 Å². The van der Waals surface area contributed by atoms with Crippen LogP contribution in [0.15, 0.2) is 36.5 Å². The Hall–Kier alpha value is -2.07. The van der Waals surface area contributed by atoms with Crippen molar-refractivity contribution in [1.82, 2.24) is 9.97 Å². The monoisotopic (exact) mass is 333 g/mol. The molecule has 0 amide bonds. The predicted molar refractivity (Wildman–Crippen MR) is 95.9 cm³/mol. The second kappa shape index (κ2) is 7.01. The third-order valence-corrected chi connectivity index (χ3v) is 4.18. The number of H-pyrrole nitrogens is 1. The minimum absolute atomic E-state index is 0. The van der Waals surface area contributed by atoms with Crippen LogP contribution in [0, 0.1) is 19.7 Å². The molecule has 122 valence electrons. The van der Waals surface area contributed by atoms with Crippen LogP contribution in [0.3, 0.4) is 0 Å². The Bertz CT molecular complexity index is 796. The molecule has 0 fully saturated rings. The minimum Gasteiger partial charge on any atom is -0.377 e. The lowest BCUT2D eigenvalue weighted by atomic mass is 10.1. The number of fused-ring (bicyclic) bond motifs is 1. The number of anilines is 1. The minimum atomic E-state index is -0.227. The Morgan fingerprint density at radius 2 is 1.87 bits per heavy atom. The summed E-state index contributed by atoms with van der Waals surface area (Å²) in [5, 5.41) is 4.65. The van der Waals surface area contributed by atoms with Crippen molar-refractivity contribution in [3.05, 3.63) is 59.3 Å². The van der Waals surface area contributed by atoms with Gasteiger partial charge >= 0.3 is 0 Å². The molecule has 0 bridgehead atoms. The summed E-state index contributed by atoms with van der Waals surface area (Å²) in [7, 11) is 0. The van der Waals surface area contributed by atoms with Crippen molar-refractivity contribution in [1.29, 1.82) is 0 Å². The second-order valence-corrected chi connectivity index (χ2v) is 5.61. The number of nitrogens with zero attached hydrogens (tertiary/aromatic N) is 1. The Labute approximate surface area is 141 Å². The normalized spacial score (nSPS) is 12.0. The van der Waals surface area contributed by atoms with Gasteiger partial charge in [-0.05, 0) is 56.2 Å². The van der Waals surface area contributed by atoms with Crippen LogP contribution in [0.1, 0.15) is 36.3 Å². The summed E-state index contributed by atoms with van der Waals surface area (Å²) in [5.41, 5.74) is 5.41. The Morgan fingerprint density at radius 1 is 1.17 bits per heavy atom. The van der Waals surface area contributed by atoms with Crippen LogP contribution in [0.25, 0.3) is 10.9 Å². The fourth-order valence-corrected chi connectivity index (χ4v) is 2.78. The van der Waals surface area contributed by atoms with Gasteiger partial charge in [-0.3, -0.25) is 4.98 Å². The maximum Gasteiger partial charge on any atom is 0.123 e. The van der Waals surface area contributed by atoms with Crippen LogP contribution in [0.4, 0.5) is 10.1 Å². The van der Waals surface area contributed by atoms with Crippen molar-refractivity contribution in [3.8, 4) is 0 Å². The van der Waals surface area contributed by atoms with Gasteiger partial charge in [-0.2, -0.15) is 0 Å². The first-order chi connectivity index (χ1) is 10.6. The molecule has 0 aliphatic heterocycles. The fourth-order valence-electron chi connectivity index (χ4n) is 2.78. The highest BCUT2D eigenvalue weighted by molar-refractivity contribution is 5.86. The van der Waals surface area contributed by atoms with Crippen molar-refractivity contribution >= 4 is 29.0 Å². The van der Waals surface area contributed by atoms with E-state index in [1.165, 1.54) is 28.8 Å². The summed E-state index contributed by atoms with van der Waals surface area (Å²) in [5.74, 6) is -0.227. The average molecular weight is 334 g/mol. The summed E-state index contributed by atoms with van der Waals surface area (Å²) >= 11 is 0. The van der Waals surface area contributed by atoms with Gasteiger partial charge in [0.25, 0.3) is 0 Å².